The molecule has 0 unspecified atom stereocenters. The minimum absolute atomic E-state index is 0.206. The van der Waals surface area contributed by atoms with Crippen molar-refractivity contribution < 1.29 is 14.6 Å². The molecule has 0 bridgehead atoms. The Labute approximate surface area is 90.2 Å². The highest BCUT2D eigenvalue weighted by molar-refractivity contribution is 5.68. The fraction of sp³-hybridized carbons (Fsp3) is 0.909. The van der Waals surface area contributed by atoms with Gasteiger partial charge in [-0.15, -0.1) is 0 Å². The molecule has 0 spiro atoms. The van der Waals surface area contributed by atoms with Crippen molar-refractivity contribution in [1.29, 1.82) is 0 Å². The van der Waals surface area contributed by atoms with Gasteiger partial charge in [-0.3, -0.25) is 0 Å². The summed E-state index contributed by atoms with van der Waals surface area (Å²) in [6.07, 6.45) is 0.385. The van der Waals surface area contributed by atoms with Crippen molar-refractivity contribution in [3.8, 4) is 0 Å². The predicted octanol–water partition coefficient (Wildman–Crippen LogP) is 1.23. The van der Waals surface area contributed by atoms with Gasteiger partial charge in [0.2, 0.25) is 0 Å². The molecule has 2 fully saturated rings. The highest BCUT2D eigenvalue weighted by Crippen LogP contribution is 2.41. The second-order valence-corrected chi connectivity index (χ2v) is 5.61. The third-order valence-corrected chi connectivity index (χ3v) is 3.18. The number of likely N-dealkylation sites (tertiary alicyclic amines) is 1. The molecular weight excluding hydrogens is 194 g/mol. The van der Waals surface area contributed by atoms with Crippen LogP contribution in [0.1, 0.15) is 27.2 Å². The second-order valence-electron chi connectivity index (χ2n) is 5.61. The van der Waals surface area contributed by atoms with Crippen molar-refractivity contribution in [3.05, 3.63) is 0 Å². The first-order valence-electron chi connectivity index (χ1n) is 5.53. The van der Waals surface area contributed by atoms with E-state index in [1.807, 2.05) is 20.8 Å². The zero-order chi connectivity index (χ0) is 11.2. The van der Waals surface area contributed by atoms with Gasteiger partial charge >= 0.3 is 6.09 Å². The van der Waals surface area contributed by atoms with Crippen LogP contribution in [-0.2, 0) is 4.74 Å². The van der Waals surface area contributed by atoms with E-state index in [-0.39, 0.29) is 18.1 Å². The molecule has 1 N–H and O–H groups in total. The number of amides is 1. The van der Waals surface area contributed by atoms with E-state index < -0.39 is 5.60 Å². The molecule has 86 valence electrons. The topological polar surface area (TPSA) is 49.8 Å². The standard InChI is InChI=1S/C11H19NO3/c1-11(2,3)15-10(14)12-5-7-4-9(13)8(7)6-12/h7-9,13H,4-6H2,1-3H3/t7-,8+,9+/m1/s1. The van der Waals surface area contributed by atoms with Gasteiger partial charge in [-0.25, -0.2) is 4.79 Å². The van der Waals surface area contributed by atoms with Gasteiger partial charge in [-0.1, -0.05) is 0 Å². The number of aliphatic hydroxyl groups is 1. The van der Waals surface area contributed by atoms with E-state index in [0.717, 1.165) is 13.0 Å². The molecule has 2 aliphatic rings. The second kappa shape index (κ2) is 3.37. The van der Waals surface area contributed by atoms with Crippen LogP contribution in [0.25, 0.3) is 0 Å². The normalized spacial score (nSPS) is 34.7. The van der Waals surface area contributed by atoms with Crippen LogP contribution in [0.2, 0.25) is 0 Å². The Morgan fingerprint density at radius 2 is 2.07 bits per heavy atom. The van der Waals surface area contributed by atoms with Crippen LogP contribution in [0.15, 0.2) is 0 Å². The van der Waals surface area contributed by atoms with Crippen LogP contribution in [0.5, 0.6) is 0 Å². The number of carbonyl (C=O) groups is 1. The average molecular weight is 213 g/mol. The fourth-order valence-corrected chi connectivity index (χ4v) is 2.35. The van der Waals surface area contributed by atoms with E-state index in [0.29, 0.717) is 12.5 Å². The lowest BCUT2D eigenvalue weighted by Gasteiger charge is -2.34. The molecule has 0 aromatic rings. The zero-order valence-electron chi connectivity index (χ0n) is 9.56. The lowest BCUT2D eigenvalue weighted by molar-refractivity contribution is -0.00455. The molecule has 1 heterocycles. The quantitative estimate of drug-likeness (QED) is 0.658. The van der Waals surface area contributed by atoms with Gasteiger partial charge in [-0.2, -0.15) is 0 Å². The summed E-state index contributed by atoms with van der Waals surface area (Å²) in [5, 5.41) is 9.47. The van der Waals surface area contributed by atoms with Crippen molar-refractivity contribution >= 4 is 6.09 Å². The lowest BCUT2D eigenvalue weighted by Crippen LogP contribution is -2.40. The number of nitrogens with zero attached hydrogens (tertiary/aromatic N) is 1. The number of hydrogen-bond donors (Lipinski definition) is 1. The number of rotatable bonds is 0. The largest absolute Gasteiger partial charge is 0.444 e. The van der Waals surface area contributed by atoms with E-state index in [9.17, 15) is 9.90 Å². The Morgan fingerprint density at radius 3 is 2.53 bits per heavy atom. The molecule has 4 nitrogen and oxygen atoms in total. The minimum Gasteiger partial charge on any atom is -0.444 e. The van der Waals surface area contributed by atoms with Crippen LogP contribution in [0, 0.1) is 11.8 Å². The summed E-state index contributed by atoms with van der Waals surface area (Å²) in [6.45, 7) is 7.00. The van der Waals surface area contributed by atoms with Crippen molar-refractivity contribution in [3.63, 3.8) is 0 Å². The maximum atomic E-state index is 11.7. The van der Waals surface area contributed by atoms with Gasteiger partial charge < -0.3 is 14.7 Å². The number of hydrogen-bond acceptors (Lipinski definition) is 3. The summed E-state index contributed by atoms with van der Waals surface area (Å²) in [4.78, 5) is 13.4. The van der Waals surface area contributed by atoms with Gasteiger partial charge in [-0.05, 0) is 33.1 Å². The SMILES string of the molecule is CC(C)(C)OC(=O)N1C[C@H]2C[C@H](O)[C@H]2C1. The third-order valence-electron chi connectivity index (χ3n) is 3.18. The molecule has 0 aromatic heterocycles. The van der Waals surface area contributed by atoms with Crippen LogP contribution in [0.3, 0.4) is 0 Å². The zero-order valence-corrected chi connectivity index (χ0v) is 9.56. The molecule has 1 aliphatic carbocycles. The highest BCUT2D eigenvalue weighted by atomic mass is 16.6. The van der Waals surface area contributed by atoms with Crippen molar-refractivity contribution in [2.24, 2.45) is 11.8 Å². The van der Waals surface area contributed by atoms with E-state index in [1.165, 1.54) is 0 Å². The van der Waals surface area contributed by atoms with Crippen molar-refractivity contribution in [1.82, 2.24) is 4.90 Å². The van der Waals surface area contributed by atoms with Crippen molar-refractivity contribution in [2.45, 2.75) is 38.9 Å². The molecule has 3 atom stereocenters. The average Bonchev–Trinajstić information content (AvgIpc) is 2.39. The number of fused-ring (bicyclic) bond motifs is 1. The first-order chi connectivity index (χ1) is 6.87. The lowest BCUT2D eigenvalue weighted by atomic mass is 9.74. The van der Waals surface area contributed by atoms with E-state index in [1.54, 1.807) is 4.90 Å². The van der Waals surface area contributed by atoms with Gasteiger partial charge in [0.05, 0.1) is 6.10 Å². The summed E-state index contributed by atoms with van der Waals surface area (Å²) in [6, 6.07) is 0. The molecule has 15 heavy (non-hydrogen) atoms. The number of ether oxygens (including phenoxy) is 1. The Bertz CT molecular complexity index is 271. The Morgan fingerprint density at radius 1 is 1.40 bits per heavy atom. The summed E-state index contributed by atoms with van der Waals surface area (Å²) < 4.78 is 5.29. The fourth-order valence-electron chi connectivity index (χ4n) is 2.35. The predicted molar refractivity (Wildman–Crippen MR) is 55.4 cm³/mol. The number of carbonyl (C=O) groups excluding carboxylic acids is 1. The molecule has 4 heteroatoms. The third kappa shape index (κ3) is 2.09. The van der Waals surface area contributed by atoms with Gasteiger partial charge in [0.1, 0.15) is 5.60 Å². The van der Waals surface area contributed by atoms with Crippen LogP contribution < -0.4 is 0 Å². The van der Waals surface area contributed by atoms with Crippen LogP contribution in [0.4, 0.5) is 4.79 Å². The summed E-state index contributed by atoms with van der Waals surface area (Å²) in [5.74, 6) is 0.782. The molecule has 0 radical (unpaired) electrons. The monoisotopic (exact) mass is 213 g/mol. The van der Waals surface area contributed by atoms with Crippen LogP contribution >= 0.6 is 0 Å². The van der Waals surface area contributed by atoms with Gasteiger partial charge in [0.25, 0.3) is 0 Å². The van der Waals surface area contributed by atoms with E-state index in [2.05, 4.69) is 0 Å². The van der Waals surface area contributed by atoms with Crippen molar-refractivity contribution in [2.75, 3.05) is 13.1 Å². The Kier molecular flexibility index (Phi) is 2.41. The minimum atomic E-state index is -0.433. The summed E-state index contributed by atoms with van der Waals surface area (Å²) in [5.41, 5.74) is -0.433. The molecule has 1 saturated carbocycles. The summed E-state index contributed by atoms with van der Waals surface area (Å²) >= 11 is 0. The van der Waals surface area contributed by atoms with Gasteiger partial charge in [0.15, 0.2) is 0 Å². The Hall–Kier alpha value is -0.770. The maximum absolute atomic E-state index is 11.7. The smallest absolute Gasteiger partial charge is 0.410 e. The van der Waals surface area contributed by atoms with E-state index in [4.69, 9.17) is 4.74 Å². The first kappa shape index (κ1) is 10.7. The highest BCUT2D eigenvalue weighted by Gasteiger charge is 2.48. The number of aliphatic hydroxyl groups excluding tert-OH is 1. The van der Waals surface area contributed by atoms with Crippen LogP contribution in [-0.4, -0.2) is 40.9 Å². The maximum Gasteiger partial charge on any atom is 0.410 e. The molecule has 2 rings (SSSR count). The molecule has 1 saturated heterocycles. The van der Waals surface area contributed by atoms with Gasteiger partial charge in [0, 0.05) is 19.0 Å². The van der Waals surface area contributed by atoms with E-state index >= 15 is 0 Å². The molecule has 1 amide bonds. The molecule has 1 aliphatic heterocycles. The first-order valence-corrected chi connectivity index (χ1v) is 5.53. The summed E-state index contributed by atoms with van der Waals surface area (Å²) in [7, 11) is 0. The molecule has 0 aromatic carbocycles. The Balaban J connectivity index is 1.88. The molecular formula is C11H19NO3.